The van der Waals surface area contributed by atoms with Gasteiger partial charge in [0.1, 0.15) is 12.2 Å². The number of Topliss-reactive ketones (excluding diaryl/α,β-unsaturated/α-hetero) is 1. The molecule has 0 spiro atoms. The molecule has 1 aromatic heterocycles. The fourth-order valence-corrected chi connectivity index (χ4v) is 7.30. The van der Waals surface area contributed by atoms with Crippen molar-refractivity contribution in [1.29, 1.82) is 0 Å². The summed E-state index contributed by atoms with van der Waals surface area (Å²) in [4.78, 5) is 34.4. The Balaban J connectivity index is 1.48. The van der Waals surface area contributed by atoms with E-state index in [1.807, 2.05) is 52.8 Å². The van der Waals surface area contributed by atoms with Crippen LogP contribution in [0.1, 0.15) is 102 Å². The summed E-state index contributed by atoms with van der Waals surface area (Å²) in [6.07, 6.45) is 3.60. The van der Waals surface area contributed by atoms with Crippen molar-refractivity contribution in [3.63, 3.8) is 0 Å². The second-order valence-corrected chi connectivity index (χ2v) is 17.3. The smallest absolute Gasteiger partial charge is 0.407 e. The predicted molar refractivity (Wildman–Crippen MR) is 196 cm³/mol. The Hall–Kier alpha value is -4.03. The number of amides is 1. The van der Waals surface area contributed by atoms with Gasteiger partial charge < -0.3 is 20.5 Å². The molecule has 50 heavy (non-hydrogen) atoms. The molecule has 272 valence electrons. The number of alkyl carbamates (subject to hydrolysis) is 1. The Labute approximate surface area is 297 Å². The van der Waals surface area contributed by atoms with Crippen LogP contribution in [0.2, 0.25) is 0 Å². The van der Waals surface area contributed by atoms with Gasteiger partial charge in [-0.2, -0.15) is 4.98 Å². The molecule has 0 unspecified atom stereocenters. The van der Waals surface area contributed by atoms with Crippen molar-refractivity contribution in [2.24, 2.45) is 17.1 Å². The number of carbonyl (C=O) groups is 2. The molecule has 2 aromatic carbocycles. The molecule has 12 heteroatoms. The molecule has 1 aliphatic carbocycles. The molecule has 1 fully saturated rings. The van der Waals surface area contributed by atoms with Gasteiger partial charge in [-0.15, -0.1) is 0 Å². The first kappa shape index (κ1) is 38.8. The summed E-state index contributed by atoms with van der Waals surface area (Å²) >= 11 is 0. The average molecular weight is 708 g/mol. The lowest BCUT2D eigenvalue weighted by molar-refractivity contribution is 0.0485. The van der Waals surface area contributed by atoms with Gasteiger partial charge in [0, 0.05) is 35.7 Å². The molecule has 1 amide bonds. The number of carbonyl (C=O) groups excluding carboxylic acids is 2. The molecule has 1 aliphatic rings. The van der Waals surface area contributed by atoms with Crippen molar-refractivity contribution in [3.8, 4) is 17.1 Å². The average Bonchev–Trinajstić information content (AvgIpc) is 2.99. The number of ketones is 1. The Kier molecular flexibility index (Phi) is 12.3. The molecule has 4 N–H and O–H groups in total. The number of aryl methyl sites for hydroxylation is 2. The van der Waals surface area contributed by atoms with Crippen LogP contribution >= 0.6 is 0 Å². The van der Waals surface area contributed by atoms with E-state index >= 15 is 0 Å². The van der Waals surface area contributed by atoms with Gasteiger partial charge in [-0.1, -0.05) is 51.1 Å². The maximum Gasteiger partial charge on any atom is 0.407 e. The lowest BCUT2D eigenvalue weighted by Crippen LogP contribution is -2.41. The Morgan fingerprint density at radius 3 is 2.20 bits per heavy atom. The molecule has 1 saturated carbocycles. The second kappa shape index (κ2) is 15.9. The van der Waals surface area contributed by atoms with Gasteiger partial charge in [0.2, 0.25) is 11.8 Å². The minimum absolute atomic E-state index is 0.00247. The molecular weight excluding hydrogens is 655 g/mol. The van der Waals surface area contributed by atoms with E-state index in [1.54, 1.807) is 18.2 Å². The van der Waals surface area contributed by atoms with Crippen LogP contribution < -0.4 is 20.5 Å². The summed E-state index contributed by atoms with van der Waals surface area (Å²) in [7, 11) is -4.19. The third-order valence-corrected chi connectivity index (χ3v) is 9.82. The van der Waals surface area contributed by atoms with Crippen LogP contribution in [0.4, 0.5) is 10.7 Å². The summed E-state index contributed by atoms with van der Waals surface area (Å²) in [6, 6.07) is 13.3. The number of anilines is 1. The topological polar surface area (TPSA) is 163 Å². The summed E-state index contributed by atoms with van der Waals surface area (Å²) in [5.41, 5.74) is 9.37. The number of rotatable bonds is 12. The van der Waals surface area contributed by atoms with Gasteiger partial charge in [0.05, 0.1) is 10.6 Å². The molecule has 0 aliphatic heterocycles. The van der Waals surface area contributed by atoms with E-state index in [0.717, 1.165) is 48.8 Å². The molecule has 0 radical (unpaired) electrons. The number of aromatic nitrogens is 2. The molecule has 3 aromatic rings. The van der Waals surface area contributed by atoms with Crippen LogP contribution in [-0.4, -0.2) is 54.6 Å². The first-order valence-corrected chi connectivity index (χ1v) is 18.8. The molecule has 1 atom stereocenters. The number of nitrogens with two attached hydrogens (primary N) is 1. The zero-order valence-electron chi connectivity index (χ0n) is 30.6. The molecular formula is C38H53N5O6S. The van der Waals surface area contributed by atoms with Crippen molar-refractivity contribution in [2.75, 3.05) is 11.3 Å². The first-order chi connectivity index (χ1) is 23.3. The van der Waals surface area contributed by atoms with E-state index in [9.17, 15) is 18.0 Å². The van der Waals surface area contributed by atoms with Crippen LogP contribution in [0.3, 0.4) is 0 Å². The molecule has 11 nitrogen and oxygen atoms in total. The van der Waals surface area contributed by atoms with E-state index in [0.29, 0.717) is 11.3 Å². The van der Waals surface area contributed by atoms with Crippen LogP contribution in [0, 0.1) is 25.2 Å². The largest absolute Gasteiger partial charge is 0.476 e. The van der Waals surface area contributed by atoms with Gasteiger partial charge in [0.15, 0.2) is 5.78 Å². The fourth-order valence-electron chi connectivity index (χ4n) is 6.31. The van der Waals surface area contributed by atoms with Crippen molar-refractivity contribution >= 4 is 27.8 Å². The number of hydrogen-bond donors (Lipinski definition) is 3. The highest BCUT2D eigenvalue weighted by atomic mass is 32.2. The normalized spacial score (nSPS) is 17.5. The van der Waals surface area contributed by atoms with E-state index in [1.165, 1.54) is 12.1 Å². The van der Waals surface area contributed by atoms with Crippen molar-refractivity contribution in [3.05, 3.63) is 65.2 Å². The summed E-state index contributed by atoms with van der Waals surface area (Å²) in [5.74, 6) is 0.0346. The molecule has 1 heterocycles. The third-order valence-electron chi connectivity index (χ3n) is 8.49. The number of nitrogens with one attached hydrogen (secondary N) is 2. The van der Waals surface area contributed by atoms with Crippen LogP contribution in [0.25, 0.3) is 11.3 Å². The maximum atomic E-state index is 13.7. The van der Waals surface area contributed by atoms with Gasteiger partial charge in [0.25, 0.3) is 10.0 Å². The summed E-state index contributed by atoms with van der Waals surface area (Å²) in [6.45, 7) is 15.9. The Morgan fingerprint density at radius 1 is 0.940 bits per heavy atom. The number of benzene rings is 2. The maximum absolute atomic E-state index is 13.7. The monoisotopic (exact) mass is 707 g/mol. The SMILES string of the molecule is Cc1cccc(C)c1-c1cc(OC[C@H](N)CC(C)(C)C)nc(NS(=O)(=O)c2cccc(C(=O)CC3CCC(NC(=O)OC(C)(C)C)CC3)c2)n1. The van der Waals surface area contributed by atoms with Crippen molar-refractivity contribution < 1.29 is 27.5 Å². The molecule has 0 saturated heterocycles. The zero-order chi connectivity index (χ0) is 36.9. The van der Waals surface area contributed by atoms with Gasteiger partial charge in [-0.3, -0.25) is 4.79 Å². The standard InChI is InChI=1S/C38H53N5O6S/c1-24-11-9-12-25(2)34(24)31-21-33(48-23-28(39)22-37(3,4)5)42-35(41-31)43-50(46,47)30-14-10-13-27(20-30)32(44)19-26-15-17-29(18-16-26)40-36(45)49-38(6,7)8/h9-14,20-21,26,28-29H,15-19,22-23,39H2,1-8H3,(H,40,45)(H,41,42,43)/t26?,28-,29?/m1/s1. The second-order valence-electron chi connectivity index (χ2n) is 15.6. The van der Waals surface area contributed by atoms with E-state index in [4.69, 9.17) is 15.2 Å². The number of sulfonamides is 1. The van der Waals surface area contributed by atoms with Crippen LogP contribution in [0.5, 0.6) is 5.88 Å². The van der Waals surface area contributed by atoms with E-state index < -0.39 is 21.7 Å². The predicted octanol–water partition coefficient (Wildman–Crippen LogP) is 7.36. The Morgan fingerprint density at radius 2 is 1.58 bits per heavy atom. The highest BCUT2D eigenvalue weighted by molar-refractivity contribution is 7.92. The van der Waals surface area contributed by atoms with Gasteiger partial charge >= 0.3 is 6.09 Å². The lowest BCUT2D eigenvalue weighted by atomic mass is 9.82. The highest BCUT2D eigenvalue weighted by Crippen LogP contribution is 2.31. The molecule has 4 rings (SSSR count). The minimum Gasteiger partial charge on any atom is -0.476 e. The van der Waals surface area contributed by atoms with Crippen LogP contribution in [-0.2, 0) is 14.8 Å². The van der Waals surface area contributed by atoms with Crippen molar-refractivity contribution in [1.82, 2.24) is 15.3 Å². The van der Waals surface area contributed by atoms with E-state index in [2.05, 4.69) is 40.8 Å². The lowest BCUT2D eigenvalue weighted by Gasteiger charge is -2.29. The Bertz CT molecular complexity index is 1750. The van der Waals surface area contributed by atoms with Crippen LogP contribution in [0.15, 0.2) is 53.4 Å². The fraction of sp³-hybridized carbons (Fsp3) is 0.526. The number of nitrogens with zero attached hydrogens (tertiary/aromatic N) is 2. The molecule has 0 bridgehead atoms. The van der Waals surface area contributed by atoms with Crippen molar-refractivity contribution in [2.45, 2.75) is 116 Å². The quantitative estimate of drug-likeness (QED) is 0.163. The van der Waals surface area contributed by atoms with Gasteiger partial charge in [-0.25, -0.2) is 22.9 Å². The minimum atomic E-state index is -4.19. The van der Waals surface area contributed by atoms with E-state index in [-0.39, 0.29) is 59.0 Å². The highest BCUT2D eigenvalue weighted by Gasteiger charge is 2.27. The van der Waals surface area contributed by atoms with Gasteiger partial charge in [-0.05, 0) is 101 Å². The summed E-state index contributed by atoms with van der Waals surface area (Å²) < 4.78 is 41.2. The summed E-state index contributed by atoms with van der Waals surface area (Å²) in [5, 5.41) is 2.92. The number of hydrogen-bond acceptors (Lipinski definition) is 9. The number of ether oxygens (including phenoxy) is 2. The first-order valence-electron chi connectivity index (χ1n) is 17.3. The zero-order valence-corrected chi connectivity index (χ0v) is 31.4. The third kappa shape index (κ3) is 11.5.